The maximum atomic E-state index is 12.0. The summed E-state index contributed by atoms with van der Waals surface area (Å²) in [6.07, 6.45) is 0. The lowest BCUT2D eigenvalue weighted by atomic mass is 10.1. The molecular weight excluding hydrogens is 420 g/mol. The summed E-state index contributed by atoms with van der Waals surface area (Å²) < 4.78 is 5.98. The van der Waals surface area contributed by atoms with Gasteiger partial charge >= 0.3 is 5.97 Å². The van der Waals surface area contributed by atoms with Crippen LogP contribution in [0.15, 0.2) is 27.6 Å². The first-order chi connectivity index (χ1) is 12.0. The molecule has 144 valence electrons. The summed E-state index contributed by atoms with van der Waals surface area (Å²) in [5.74, 6) is -1.05. The molecule has 1 N–H and O–H groups in total. The molecule has 0 unspecified atom stereocenters. The quantitative estimate of drug-likeness (QED) is 0.516. The van der Waals surface area contributed by atoms with Crippen LogP contribution < -0.4 is 5.32 Å². The van der Waals surface area contributed by atoms with Crippen molar-refractivity contribution in [3.8, 4) is 0 Å². The van der Waals surface area contributed by atoms with E-state index in [4.69, 9.17) is 4.74 Å². The number of halogens is 1. The van der Waals surface area contributed by atoms with Gasteiger partial charge in [-0.15, -0.1) is 11.8 Å². The summed E-state index contributed by atoms with van der Waals surface area (Å²) in [6.45, 7) is 7.08. The Morgan fingerprint density at radius 1 is 1.27 bits per heavy atom. The van der Waals surface area contributed by atoms with Gasteiger partial charge in [-0.3, -0.25) is 14.4 Å². The number of carbonyl (C=O) groups is 3. The second-order valence-electron chi connectivity index (χ2n) is 6.91. The lowest BCUT2D eigenvalue weighted by Gasteiger charge is -2.23. The summed E-state index contributed by atoms with van der Waals surface area (Å²) in [7, 11) is 1.50. The van der Waals surface area contributed by atoms with Crippen LogP contribution in [0.25, 0.3) is 0 Å². The largest absolute Gasteiger partial charge is 0.455 e. The Hall–Kier alpha value is -1.54. The van der Waals surface area contributed by atoms with Crippen molar-refractivity contribution in [3.63, 3.8) is 0 Å². The van der Waals surface area contributed by atoms with E-state index in [0.717, 1.165) is 14.9 Å². The highest BCUT2D eigenvalue weighted by molar-refractivity contribution is 9.10. The summed E-state index contributed by atoms with van der Waals surface area (Å²) in [4.78, 5) is 37.8. The van der Waals surface area contributed by atoms with Gasteiger partial charge in [-0.1, -0.05) is 15.9 Å². The zero-order valence-corrected chi connectivity index (χ0v) is 18.1. The van der Waals surface area contributed by atoms with E-state index in [1.54, 1.807) is 0 Å². The Balaban J connectivity index is 2.37. The van der Waals surface area contributed by atoms with E-state index in [-0.39, 0.29) is 30.4 Å². The predicted molar refractivity (Wildman–Crippen MR) is 106 cm³/mol. The van der Waals surface area contributed by atoms with Crippen molar-refractivity contribution in [2.45, 2.75) is 38.1 Å². The number of amides is 2. The maximum Gasteiger partial charge on any atom is 0.316 e. The van der Waals surface area contributed by atoms with E-state index in [1.165, 1.54) is 23.7 Å². The molecular formula is C18H25BrN2O4S. The average molecular weight is 445 g/mol. The lowest BCUT2D eigenvalue weighted by Crippen LogP contribution is -2.46. The Kier molecular flexibility index (Phi) is 8.62. The van der Waals surface area contributed by atoms with E-state index < -0.39 is 11.9 Å². The molecule has 0 aromatic heterocycles. The zero-order chi connectivity index (χ0) is 19.9. The van der Waals surface area contributed by atoms with Crippen molar-refractivity contribution in [2.24, 2.45) is 0 Å². The fourth-order valence-corrected chi connectivity index (χ4v) is 3.25. The van der Waals surface area contributed by atoms with Crippen LogP contribution >= 0.6 is 27.7 Å². The lowest BCUT2D eigenvalue weighted by molar-refractivity contribution is -0.149. The Morgan fingerprint density at radius 3 is 2.50 bits per heavy atom. The van der Waals surface area contributed by atoms with Crippen LogP contribution in [-0.2, 0) is 19.1 Å². The molecule has 8 heteroatoms. The Labute approximate surface area is 167 Å². The van der Waals surface area contributed by atoms with Gasteiger partial charge in [0.15, 0.2) is 6.61 Å². The first kappa shape index (κ1) is 22.5. The van der Waals surface area contributed by atoms with Crippen LogP contribution in [-0.4, -0.2) is 54.2 Å². The fourth-order valence-electron chi connectivity index (χ4n) is 1.97. The van der Waals surface area contributed by atoms with Crippen molar-refractivity contribution in [1.29, 1.82) is 0 Å². The number of ether oxygens (including phenoxy) is 1. The molecule has 2 amide bonds. The number of benzene rings is 1. The molecule has 0 atom stereocenters. The molecule has 1 aromatic carbocycles. The van der Waals surface area contributed by atoms with Gasteiger partial charge in [-0.2, -0.15) is 0 Å². The van der Waals surface area contributed by atoms with Gasteiger partial charge in [0.1, 0.15) is 0 Å². The minimum Gasteiger partial charge on any atom is -0.455 e. The number of hydrogen-bond donors (Lipinski definition) is 1. The molecule has 0 radical (unpaired) electrons. The normalized spacial score (nSPS) is 11.0. The maximum absolute atomic E-state index is 12.0. The van der Waals surface area contributed by atoms with Gasteiger partial charge in [0, 0.05) is 22.0 Å². The molecule has 26 heavy (non-hydrogen) atoms. The van der Waals surface area contributed by atoms with Crippen molar-refractivity contribution < 1.29 is 19.1 Å². The molecule has 0 bridgehead atoms. The van der Waals surface area contributed by atoms with Crippen molar-refractivity contribution >= 4 is 45.5 Å². The highest BCUT2D eigenvalue weighted by Crippen LogP contribution is 2.25. The number of carbonyl (C=O) groups excluding carboxylic acids is 3. The van der Waals surface area contributed by atoms with Crippen molar-refractivity contribution in [2.75, 3.05) is 26.0 Å². The minimum absolute atomic E-state index is 0.0828. The number of aryl methyl sites for hydroxylation is 1. The summed E-state index contributed by atoms with van der Waals surface area (Å²) in [5.41, 5.74) is 0.688. The van der Waals surface area contributed by atoms with Gasteiger partial charge in [0.05, 0.1) is 12.3 Å². The summed E-state index contributed by atoms with van der Waals surface area (Å²) in [5, 5.41) is 2.77. The third-order valence-corrected chi connectivity index (χ3v) is 4.80. The molecule has 0 aliphatic carbocycles. The van der Waals surface area contributed by atoms with E-state index in [0.29, 0.717) is 0 Å². The molecule has 0 aliphatic rings. The molecule has 0 aliphatic heterocycles. The van der Waals surface area contributed by atoms with Gasteiger partial charge < -0.3 is 15.0 Å². The van der Waals surface area contributed by atoms with Gasteiger partial charge in [0.2, 0.25) is 5.91 Å². The molecule has 0 heterocycles. The Bertz CT molecular complexity index is 674. The molecule has 0 saturated carbocycles. The second kappa shape index (κ2) is 9.97. The number of rotatable bonds is 7. The Morgan fingerprint density at radius 2 is 1.92 bits per heavy atom. The molecule has 0 saturated heterocycles. The average Bonchev–Trinajstić information content (AvgIpc) is 2.49. The molecule has 0 spiro atoms. The second-order valence-corrected chi connectivity index (χ2v) is 8.84. The van der Waals surface area contributed by atoms with Crippen LogP contribution in [0.2, 0.25) is 0 Å². The number of nitrogens with zero attached hydrogens (tertiary/aromatic N) is 1. The number of thioether (sulfide) groups is 1. The number of nitrogens with one attached hydrogen (secondary N) is 1. The SMILES string of the molecule is Cc1cc(Br)ccc1SCC(=O)OCC(=O)N(C)CC(=O)NC(C)(C)C. The molecule has 1 rings (SSSR count). The topological polar surface area (TPSA) is 75.7 Å². The highest BCUT2D eigenvalue weighted by atomic mass is 79.9. The number of likely N-dealkylation sites (N-methyl/N-ethyl adjacent to an activating group) is 1. The summed E-state index contributed by atoms with van der Waals surface area (Å²) in [6, 6.07) is 5.79. The number of hydrogen-bond acceptors (Lipinski definition) is 5. The highest BCUT2D eigenvalue weighted by Gasteiger charge is 2.18. The van der Waals surface area contributed by atoms with Crippen LogP contribution in [0, 0.1) is 6.92 Å². The van der Waals surface area contributed by atoms with Crippen LogP contribution in [0.1, 0.15) is 26.3 Å². The summed E-state index contributed by atoms with van der Waals surface area (Å²) >= 11 is 4.75. The predicted octanol–water partition coefficient (Wildman–Crippen LogP) is 2.77. The first-order valence-corrected chi connectivity index (χ1v) is 9.85. The third kappa shape index (κ3) is 8.71. The van der Waals surface area contributed by atoms with E-state index >= 15 is 0 Å². The monoisotopic (exact) mass is 444 g/mol. The van der Waals surface area contributed by atoms with E-state index in [1.807, 2.05) is 45.9 Å². The van der Waals surface area contributed by atoms with E-state index in [2.05, 4.69) is 21.2 Å². The molecule has 0 fully saturated rings. The van der Waals surface area contributed by atoms with Crippen LogP contribution in [0.3, 0.4) is 0 Å². The number of esters is 1. The van der Waals surface area contributed by atoms with Crippen LogP contribution in [0.5, 0.6) is 0 Å². The van der Waals surface area contributed by atoms with E-state index in [9.17, 15) is 14.4 Å². The standard InChI is InChI=1S/C18H25BrN2O4S/c1-12-8-13(19)6-7-14(12)26-11-17(24)25-10-16(23)21(5)9-15(22)20-18(2,3)4/h6-8H,9-11H2,1-5H3,(H,20,22). The van der Waals surface area contributed by atoms with Gasteiger partial charge in [-0.25, -0.2) is 0 Å². The van der Waals surface area contributed by atoms with Crippen molar-refractivity contribution in [1.82, 2.24) is 10.2 Å². The first-order valence-electron chi connectivity index (χ1n) is 8.07. The smallest absolute Gasteiger partial charge is 0.316 e. The fraction of sp³-hybridized carbons (Fsp3) is 0.500. The zero-order valence-electron chi connectivity index (χ0n) is 15.7. The molecule has 1 aromatic rings. The minimum atomic E-state index is -0.474. The third-order valence-electron chi connectivity index (χ3n) is 3.16. The van der Waals surface area contributed by atoms with Crippen molar-refractivity contribution in [3.05, 3.63) is 28.2 Å². The van der Waals surface area contributed by atoms with Gasteiger partial charge in [0.25, 0.3) is 5.91 Å². The molecule has 6 nitrogen and oxygen atoms in total. The van der Waals surface area contributed by atoms with Gasteiger partial charge in [-0.05, 0) is 51.5 Å². The van der Waals surface area contributed by atoms with Crippen LogP contribution in [0.4, 0.5) is 0 Å².